The summed E-state index contributed by atoms with van der Waals surface area (Å²) in [6.45, 7) is 6.33. The maximum absolute atomic E-state index is 13.6. The normalized spacial score (nSPS) is 19.6. The molecule has 2 saturated heterocycles. The van der Waals surface area contributed by atoms with Gasteiger partial charge in [0, 0.05) is 25.7 Å². The summed E-state index contributed by atoms with van der Waals surface area (Å²) in [7, 11) is 1.61. The summed E-state index contributed by atoms with van der Waals surface area (Å²) < 4.78 is 10.8. The van der Waals surface area contributed by atoms with E-state index in [2.05, 4.69) is 43.0 Å². The third kappa shape index (κ3) is 5.37. The molecule has 2 aliphatic heterocycles. The number of carbonyl (C=O) groups excluding carboxylic acids is 2. The molecule has 2 amide bonds. The van der Waals surface area contributed by atoms with Gasteiger partial charge in [-0.1, -0.05) is 44.2 Å². The average molecular weight is 465 g/mol. The standard InChI is InChI=1S/C28H36N2O4/c1-21(2)19-30-23(17-22-7-5-4-6-8-22)18-28(27(30)32)13-15-29(16-14-28)26(31)20-34-25-11-9-24(33-3)10-12-25/h4-12,21,23H,13-20H2,1-3H3. The highest BCUT2D eigenvalue weighted by Crippen LogP contribution is 2.45. The van der Waals surface area contributed by atoms with Gasteiger partial charge in [0.2, 0.25) is 5.91 Å². The minimum atomic E-state index is -0.345. The van der Waals surface area contributed by atoms with Gasteiger partial charge in [-0.15, -0.1) is 0 Å². The zero-order valence-electron chi connectivity index (χ0n) is 20.5. The number of hydrogen-bond acceptors (Lipinski definition) is 4. The zero-order chi connectivity index (χ0) is 24.1. The molecule has 34 heavy (non-hydrogen) atoms. The Balaban J connectivity index is 1.36. The molecule has 1 unspecified atom stereocenters. The summed E-state index contributed by atoms with van der Waals surface area (Å²) in [5.74, 6) is 2.06. The molecule has 0 radical (unpaired) electrons. The molecule has 1 spiro atoms. The largest absolute Gasteiger partial charge is 0.497 e. The van der Waals surface area contributed by atoms with E-state index in [1.54, 1.807) is 19.2 Å². The fraction of sp³-hybridized carbons (Fsp3) is 0.500. The van der Waals surface area contributed by atoms with Crippen molar-refractivity contribution >= 4 is 11.8 Å². The summed E-state index contributed by atoms with van der Waals surface area (Å²) in [4.78, 5) is 30.4. The van der Waals surface area contributed by atoms with Crippen LogP contribution < -0.4 is 9.47 Å². The average Bonchev–Trinajstić information content (AvgIpc) is 3.08. The number of amides is 2. The molecule has 0 bridgehead atoms. The molecule has 4 rings (SSSR count). The SMILES string of the molecule is COc1ccc(OCC(=O)N2CCC3(CC2)CC(Cc2ccccc2)N(CC(C)C)C3=O)cc1. The van der Waals surface area contributed by atoms with Crippen molar-refractivity contribution in [2.24, 2.45) is 11.3 Å². The Morgan fingerprint density at radius 2 is 1.68 bits per heavy atom. The smallest absolute Gasteiger partial charge is 0.260 e. The van der Waals surface area contributed by atoms with E-state index < -0.39 is 0 Å². The van der Waals surface area contributed by atoms with Gasteiger partial charge in [-0.2, -0.15) is 0 Å². The lowest BCUT2D eigenvalue weighted by Crippen LogP contribution is -2.48. The highest BCUT2D eigenvalue weighted by atomic mass is 16.5. The van der Waals surface area contributed by atoms with E-state index in [0.717, 1.165) is 38.0 Å². The van der Waals surface area contributed by atoms with Crippen molar-refractivity contribution in [2.45, 2.75) is 45.6 Å². The Bertz CT molecular complexity index is 966. The van der Waals surface area contributed by atoms with Crippen LogP contribution >= 0.6 is 0 Å². The molecule has 0 N–H and O–H groups in total. The second-order valence-corrected chi connectivity index (χ2v) is 10.0. The summed E-state index contributed by atoms with van der Waals surface area (Å²) >= 11 is 0. The highest BCUT2D eigenvalue weighted by molar-refractivity contribution is 5.86. The van der Waals surface area contributed by atoms with Gasteiger partial charge >= 0.3 is 0 Å². The van der Waals surface area contributed by atoms with Crippen LogP contribution in [0.3, 0.4) is 0 Å². The number of likely N-dealkylation sites (tertiary alicyclic amines) is 2. The van der Waals surface area contributed by atoms with E-state index >= 15 is 0 Å². The molecule has 2 aromatic carbocycles. The van der Waals surface area contributed by atoms with Crippen molar-refractivity contribution in [3.05, 3.63) is 60.2 Å². The Labute approximate surface area is 202 Å². The van der Waals surface area contributed by atoms with Gasteiger partial charge in [0.15, 0.2) is 6.61 Å². The summed E-state index contributed by atoms with van der Waals surface area (Å²) in [6, 6.07) is 17.9. The maximum atomic E-state index is 13.6. The molecule has 0 saturated carbocycles. The van der Waals surface area contributed by atoms with E-state index in [4.69, 9.17) is 9.47 Å². The Morgan fingerprint density at radius 1 is 1.03 bits per heavy atom. The van der Waals surface area contributed by atoms with Crippen LogP contribution in [-0.2, 0) is 16.0 Å². The number of hydrogen-bond donors (Lipinski definition) is 0. The molecule has 2 aliphatic rings. The van der Waals surface area contributed by atoms with Crippen molar-refractivity contribution in [3.8, 4) is 11.5 Å². The van der Waals surface area contributed by atoms with Crippen molar-refractivity contribution in [3.63, 3.8) is 0 Å². The Morgan fingerprint density at radius 3 is 2.29 bits per heavy atom. The predicted molar refractivity (Wildman–Crippen MR) is 132 cm³/mol. The van der Waals surface area contributed by atoms with Gasteiger partial charge in [0.1, 0.15) is 11.5 Å². The van der Waals surface area contributed by atoms with Crippen molar-refractivity contribution in [1.82, 2.24) is 9.80 Å². The van der Waals surface area contributed by atoms with Crippen molar-refractivity contribution in [1.29, 1.82) is 0 Å². The van der Waals surface area contributed by atoms with Gasteiger partial charge < -0.3 is 19.3 Å². The van der Waals surface area contributed by atoms with Gasteiger partial charge in [-0.25, -0.2) is 0 Å². The third-order valence-corrected chi connectivity index (χ3v) is 7.15. The van der Waals surface area contributed by atoms with Crippen LogP contribution in [0.15, 0.2) is 54.6 Å². The summed E-state index contributed by atoms with van der Waals surface area (Å²) in [5.41, 5.74) is 0.927. The molecule has 2 heterocycles. The maximum Gasteiger partial charge on any atom is 0.260 e. The summed E-state index contributed by atoms with van der Waals surface area (Å²) in [5, 5.41) is 0. The molecule has 0 aliphatic carbocycles. The van der Waals surface area contributed by atoms with Crippen LogP contribution in [0.2, 0.25) is 0 Å². The monoisotopic (exact) mass is 464 g/mol. The molecular weight excluding hydrogens is 428 g/mol. The fourth-order valence-electron chi connectivity index (χ4n) is 5.32. The van der Waals surface area contributed by atoms with Gasteiger partial charge in [-0.3, -0.25) is 9.59 Å². The highest BCUT2D eigenvalue weighted by Gasteiger charge is 2.52. The quantitative estimate of drug-likeness (QED) is 0.588. The lowest BCUT2D eigenvalue weighted by Gasteiger charge is -2.38. The van der Waals surface area contributed by atoms with Crippen molar-refractivity contribution < 1.29 is 19.1 Å². The van der Waals surface area contributed by atoms with Crippen LogP contribution in [0.4, 0.5) is 0 Å². The Kier molecular flexibility index (Phi) is 7.44. The van der Waals surface area contributed by atoms with Gasteiger partial charge in [0.05, 0.1) is 12.5 Å². The number of piperidine rings is 1. The van der Waals surface area contributed by atoms with Gasteiger partial charge in [-0.05, 0) is 61.4 Å². The zero-order valence-corrected chi connectivity index (χ0v) is 20.5. The lowest BCUT2D eigenvalue weighted by atomic mass is 9.75. The fourth-order valence-corrected chi connectivity index (χ4v) is 5.32. The number of ether oxygens (including phenoxy) is 2. The summed E-state index contributed by atoms with van der Waals surface area (Å²) in [6.07, 6.45) is 3.21. The predicted octanol–water partition coefficient (Wildman–Crippen LogP) is 4.18. The molecule has 6 nitrogen and oxygen atoms in total. The van der Waals surface area contributed by atoms with Crippen LogP contribution in [0.5, 0.6) is 11.5 Å². The van der Waals surface area contributed by atoms with E-state index in [9.17, 15) is 9.59 Å². The first-order chi connectivity index (χ1) is 16.4. The molecule has 2 fully saturated rings. The Hall–Kier alpha value is -3.02. The van der Waals surface area contributed by atoms with Gasteiger partial charge in [0.25, 0.3) is 5.91 Å². The molecule has 6 heteroatoms. The second kappa shape index (κ2) is 10.5. The molecule has 0 aromatic heterocycles. The molecular formula is C28H36N2O4. The van der Waals surface area contributed by atoms with Crippen LogP contribution in [0.1, 0.15) is 38.7 Å². The number of rotatable bonds is 8. The number of carbonyl (C=O) groups is 2. The molecule has 1 atom stereocenters. The topological polar surface area (TPSA) is 59.1 Å². The second-order valence-electron chi connectivity index (χ2n) is 10.0. The van der Waals surface area contributed by atoms with Crippen LogP contribution in [0, 0.1) is 11.3 Å². The van der Waals surface area contributed by atoms with E-state index in [1.807, 2.05) is 23.1 Å². The van der Waals surface area contributed by atoms with E-state index in [0.29, 0.717) is 24.8 Å². The van der Waals surface area contributed by atoms with E-state index in [1.165, 1.54) is 5.56 Å². The van der Waals surface area contributed by atoms with Crippen molar-refractivity contribution in [2.75, 3.05) is 33.4 Å². The lowest BCUT2D eigenvalue weighted by molar-refractivity contribution is -0.144. The number of methoxy groups -OCH3 is 1. The minimum absolute atomic E-state index is 0.00335. The van der Waals surface area contributed by atoms with E-state index in [-0.39, 0.29) is 29.9 Å². The first kappa shape index (κ1) is 24.1. The first-order valence-electron chi connectivity index (χ1n) is 12.3. The first-order valence-corrected chi connectivity index (χ1v) is 12.3. The molecule has 182 valence electrons. The molecule has 2 aromatic rings. The number of nitrogens with zero attached hydrogens (tertiary/aromatic N) is 2. The minimum Gasteiger partial charge on any atom is -0.497 e. The number of benzene rings is 2. The van der Waals surface area contributed by atoms with Crippen LogP contribution in [0.25, 0.3) is 0 Å². The van der Waals surface area contributed by atoms with Crippen LogP contribution in [-0.4, -0.2) is 61.0 Å². The third-order valence-electron chi connectivity index (χ3n) is 7.15.